The summed E-state index contributed by atoms with van der Waals surface area (Å²) < 4.78 is 5.00. The lowest BCUT2D eigenvalue weighted by Gasteiger charge is -2.14. The smallest absolute Gasteiger partial charge is 0.294 e. The average molecular weight is 161 g/mol. The molecule has 5 heteroatoms. The van der Waals surface area contributed by atoms with E-state index in [9.17, 15) is 10.1 Å². The van der Waals surface area contributed by atoms with Crippen LogP contribution in [0.4, 0.5) is 0 Å². The summed E-state index contributed by atoms with van der Waals surface area (Å²) in [6.45, 7) is 0. The van der Waals surface area contributed by atoms with Gasteiger partial charge in [-0.25, -0.2) is 0 Å². The first kappa shape index (κ1) is 8.26. The van der Waals surface area contributed by atoms with Gasteiger partial charge in [0, 0.05) is 7.11 Å². The lowest BCUT2D eigenvalue weighted by atomic mass is 10.3. The monoisotopic (exact) mass is 161 g/mol. The fourth-order valence-electron chi connectivity index (χ4n) is 1.39. The quantitative estimate of drug-likeness (QED) is 0.453. The SMILES string of the molecule is COC1CCCC1O[N+](=O)[O-]. The van der Waals surface area contributed by atoms with Gasteiger partial charge >= 0.3 is 0 Å². The van der Waals surface area contributed by atoms with Gasteiger partial charge in [0.25, 0.3) is 5.09 Å². The minimum absolute atomic E-state index is 0.0969. The number of hydrogen-bond donors (Lipinski definition) is 0. The fraction of sp³-hybridized carbons (Fsp3) is 1.00. The van der Waals surface area contributed by atoms with Gasteiger partial charge in [-0.1, -0.05) is 0 Å². The van der Waals surface area contributed by atoms with Gasteiger partial charge in [0.2, 0.25) is 0 Å². The molecule has 2 atom stereocenters. The molecule has 0 spiro atoms. The summed E-state index contributed by atoms with van der Waals surface area (Å²) in [5, 5.41) is 9.20. The minimum atomic E-state index is -0.748. The number of ether oxygens (including phenoxy) is 1. The third kappa shape index (κ3) is 2.04. The summed E-state index contributed by atoms with van der Waals surface area (Å²) in [6, 6.07) is 0. The van der Waals surface area contributed by atoms with Crippen molar-refractivity contribution < 1.29 is 14.7 Å². The Bertz CT molecular complexity index is 150. The van der Waals surface area contributed by atoms with E-state index in [0.717, 1.165) is 19.3 Å². The number of nitrogens with zero attached hydrogens (tertiary/aromatic N) is 1. The second kappa shape index (κ2) is 3.52. The molecule has 0 N–H and O–H groups in total. The van der Waals surface area contributed by atoms with Crippen molar-refractivity contribution in [3.63, 3.8) is 0 Å². The van der Waals surface area contributed by atoms with Gasteiger partial charge in [0.05, 0.1) is 6.10 Å². The van der Waals surface area contributed by atoms with Crippen molar-refractivity contribution in [2.45, 2.75) is 31.5 Å². The van der Waals surface area contributed by atoms with Crippen LogP contribution in [0.25, 0.3) is 0 Å². The Morgan fingerprint density at radius 2 is 2.09 bits per heavy atom. The van der Waals surface area contributed by atoms with Gasteiger partial charge in [-0.15, -0.1) is 10.1 Å². The molecule has 2 unspecified atom stereocenters. The van der Waals surface area contributed by atoms with Crippen LogP contribution in [0.5, 0.6) is 0 Å². The van der Waals surface area contributed by atoms with Crippen LogP contribution in [-0.2, 0) is 9.57 Å². The second-order valence-corrected chi connectivity index (χ2v) is 2.57. The molecule has 1 aliphatic rings. The molecule has 1 fully saturated rings. The highest BCUT2D eigenvalue weighted by molar-refractivity contribution is 4.77. The number of rotatable bonds is 3. The number of hydrogen-bond acceptors (Lipinski definition) is 4. The van der Waals surface area contributed by atoms with Crippen molar-refractivity contribution >= 4 is 0 Å². The van der Waals surface area contributed by atoms with Crippen molar-refractivity contribution in [3.05, 3.63) is 10.1 Å². The Balaban J connectivity index is 2.37. The van der Waals surface area contributed by atoms with E-state index >= 15 is 0 Å². The highest BCUT2D eigenvalue weighted by Gasteiger charge is 2.29. The van der Waals surface area contributed by atoms with Crippen LogP contribution in [0.3, 0.4) is 0 Å². The molecule has 0 saturated heterocycles. The summed E-state index contributed by atoms with van der Waals surface area (Å²) in [5.41, 5.74) is 0. The summed E-state index contributed by atoms with van der Waals surface area (Å²) in [7, 11) is 1.55. The van der Waals surface area contributed by atoms with Crippen LogP contribution in [0, 0.1) is 10.1 Å². The van der Waals surface area contributed by atoms with E-state index in [1.165, 1.54) is 0 Å². The van der Waals surface area contributed by atoms with Crippen molar-refractivity contribution in [1.82, 2.24) is 0 Å². The fourth-order valence-corrected chi connectivity index (χ4v) is 1.39. The first-order chi connectivity index (χ1) is 5.24. The average Bonchev–Trinajstić information content (AvgIpc) is 2.34. The molecule has 0 aliphatic heterocycles. The molecule has 0 heterocycles. The van der Waals surface area contributed by atoms with E-state index in [1.807, 2.05) is 0 Å². The zero-order chi connectivity index (χ0) is 8.27. The molecule has 1 rings (SSSR count). The summed E-state index contributed by atoms with van der Waals surface area (Å²) in [6.07, 6.45) is 2.07. The second-order valence-electron chi connectivity index (χ2n) is 2.57. The third-order valence-electron chi connectivity index (χ3n) is 1.92. The molecule has 0 aromatic carbocycles. The predicted octanol–water partition coefficient (Wildman–Crippen LogP) is 0.762. The van der Waals surface area contributed by atoms with Gasteiger partial charge in [0.15, 0.2) is 0 Å². The maximum absolute atomic E-state index is 9.94. The van der Waals surface area contributed by atoms with Gasteiger partial charge in [-0.2, -0.15) is 0 Å². The zero-order valence-corrected chi connectivity index (χ0v) is 6.36. The summed E-state index contributed by atoms with van der Waals surface area (Å²) >= 11 is 0. The molecule has 0 radical (unpaired) electrons. The minimum Gasteiger partial charge on any atom is -0.379 e. The van der Waals surface area contributed by atoms with E-state index in [1.54, 1.807) is 7.11 Å². The van der Waals surface area contributed by atoms with Crippen LogP contribution < -0.4 is 0 Å². The lowest BCUT2D eigenvalue weighted by molar-refractivity contribution is -0.770. The van der Waals surface area contributed by atoms with Crippen LogP contribution >= 0.6 is 0 Å². The Morgan fingerprint density at radius 3 is 2.64 bits per heavy atom. The van der Waals surface area contributed by atoms with Gasteiger partial charge in [-0.3, -0.25) is 0 Å². The van der Waals surface area contributed by atoms with Crippen LogP contribution in [0.1, 0.15) is 19.3 Å². The van der Waals surface area contributed by atoms with E-state index in [0.29, 0.717) is 0 Å². The maximum atomic E-state index is 9.94. The molecule has 0 aromatic rings. The molecule has 1 saturated carbocycles. The topological polar surface area (TPSA) is 61.6 Å². The van der Waals surface area contributed by atoms with Crippen molar-refractivity contribution in [2.75, 3.05) is 7.11 Å². The van der Waals surface area contributed by atoms with Crippen molar-refractivity contribution in [3.8, 4) is 0 Å². The summed E-state index contributed by atoms with van der Waals surface area (Å²) in [4.78, 5) is 14.4. The van der Waals surface area contributed by atoms with Gasteiger partial charge in [-0.05, 0) is 19.3 Å². The van der Waals surface area contributed by atoms with Crippen LogP contribution in [0.2, 0.25) is 0 Å². The molecule has 0 aromatic heterocycles. The molecule has 0 bridgehead atoms. The molecule has 11 heavy (non-hydrogen) atoms. The normalized spacial score (nSPS) is 30.3. The van der Waals surface area contributed by atoms with Crippen LogP contribution in [0.15, 0.2) is 0 Å². The highest BCUT2D eigenvalue weighted by atomic mass is 17.0. The summed E-state index contributed by atoms with van der Waals surface area (Å²) in [5.74, 6) is 0. The first-order valence-corrected chi connectivity index (χ1v) is 3.58. The van der Waals surface area contributed by atoms with Crippen LogP contribution in [-0.4, -0.2) is 24.4 Å². The molecule has 0 amide bonds. The van der Waals surface area contributed by atoms with E-state index in [4.69, 9.17) is 4.74 Å². The van der Waals surface area contributed by atoms with E-state index in [-0.39, 0.29) is 12.2 Å². The maximum Gasteiger partial charge on any atom is 0.294 e. The van der Waals surface area contributed by atoms with E-state index < -0.39 is 5.09 Å². The zero-order valence-electron chi connectivity index (χ0n) is 6.36. The molecule has 64 valence electrons. The van der Waals surface area contributed by atoms with Gasteiger partial charge < -0.3 is 9.57 Å². The Kier molecular flexibility index (Phi) is 2.64. The molecule has 1 aliphatic carbocycles. The van der Waals surface area contributed by atoms with Crippen molar-refractivity contribution in [2.24, 2.45) is 0 Å². The Labute approximate surface area is 64.4 Å². The predicted molar refractivity (Wildman–Crippen MR) is 36.5 cm³/mol. The highest BCUT2D eigenvalue weighted by Crippen LogP contribution is 2.24. The molecular weight excluding hydrogens is 150 g/mol. The molecular formula is C6H11NO4. The Morgan fingerprint density at radius 1 is 1.45 bits per heavy atom. The Hall–Kier alpha value is -0.840. The first-order valence-electron chi connectivity index (χ1n) is 3.58. The third-order valence-corrected chi connectivity index (χ3v) is 1.92. The van der Waals surface area contributed by atoms with E-state index in [2.05, 4.69) is 4.84 Å². The van der Waals surface area contributed by atoms with Crippen molar-refractivity contribution in [1.29, 1.82) is 0 Å². The largest absolute Gasteiger partial charge is 0.379 e. The molecule has 5 nitrogen and oxygen atoms in total. The standard InChI is InChI=1S/C6H11NO4/c1-10-5-3-2-4-6(5)11-7(8)9/h5-6H,2-4H2,1H3. The number of methoxy groups -OCH3 is 1. The van der Waals surface area contributed by atoms with Gasteiger partial charge in [0.1, 0.15) is 6.10 Å². The lowest BCUT2D eigenvalue weighted by Crippen LogP contribution is -2.27.